The third-order valence-corrected chi connectivity index (χ3v) is 7.23. The fourth-order valence-corrected chi connectivity index (χ4v) is 4.64. The Morgan fingerprint density at radius 2 is 1.85 bits per heavy atom. The van der Waals surface area contributed by atoms with Crippen molar-refractivity contribution in [3.8, 4) is 11.5 Å². The zero-order valence-electron chi connectivity index (χ0n) is 22.1. The highest BCUT2D eigenvalue weighted by molar-refractivity contribution is 5.76. The highest BCUT2D eigenvalue weighted by atomic mass is 19.3. The SMILES string of the molecule is C[C@H](N)C1=CN([C@@H](CNC(=O)CC2CC2)c2ccc(F)cc2F)C(c2ccc(OC(F)F)c(OCC3CC3)c2)O1. The predicted octanol–water partition coefficient (Wildman–Crippen LogP) is 5.53. The van der Waals surface area contributed by atoms with Gasteiger partial charge in [-0.15, -0.1) is 0 Å². The molecule has 5 rings (SSSR count). The van der Waals surface area contributed by atoms with Gasteiger partial charge in [0, 0.05) is 36.4 Å². The highest BCUT2D eigenvalue weighted by Crippen LogP contribution is 2.43. The fourth-order valence-electron chi connectivity index (χ4n) is 4.64. The quantitative estimate of drug-likeness (QED) is 0.312. The molecule has 40 heavy (non-hydrogen) atoms. The first-order valence-corrected chi connectivity index (χ1v) is 13.5. The van der Waals surface area contributed by atoms with Crippen LogP contribution >= 0.6 is 0 Å². The van der Waals surface area contributed by atoms with E-state index >= 15 is 4.39 Å². The van der Waals surface area contributed by atoms with E-state index in [-0.39, 0.29) is 29.5 Å². The van der Waals surface area contributed by atoms with Crippen LogP contribution in [0.2, 0.25) is 0 Å². The summed E-state index contributed by atoms with van der Waals surface area (Å²) in [5.41, 5.74) is 6.78. The minimum absolute atomic E-state index is 0.00825. The van der Waals surface area contributed by atoms with Gasteiger partial charge in [0.1, 0.15) is 17.4 Å². The van der Waals surface area contributed by atoms with Gasteiger partial charge in [-0.1, -0.05) is 6.07 Å². The average Bonchev–Trinajstić information content (AvgIpc) is 3.83. The molecule has 2 aromatic rings. The lowest BCUT2D eigenvalue weighted by Crippen LogP contribution is -2.37. The van der Waals surface area contributed by atoms with Crippen LogP contribution in [0.15, 0.2) is 48.4 Å². The minimum Gasteiger partial charge on any atom is -0.489 e. The monoisotopic (exact) mass is 563 g/mol. The number of benzene rings is 2. The number of nitrogens with two attached hydrogens (primary N) is 1. The highest BCUT2D eigenvalue weighted by Gasteiger charge is 2.37. The van der Waals surface area contributed by atoms with Crippen LogP contribution in [0.1, 0.15) is 62.4 Å². The number of amides is 1. The number of carbonyl (C=O) groups excluding carboxylic acids is 1. The van der Waals surface area contributed by atoms with Gasteiger partial charge in [-0.2, -0.15) is 8.78 Å². The average molecular weight is 564 g/mol. The van der Waals surface area contributed by atoms with Crippen LogP contribution in [0.4, 0.5) is 17.6 Å². The van der Waals surface area contributed by atoms with Crippen molar-refractivity contribution in [3.05, 3.63) is 71.1 Å². The zero-order valence-corrected chi connectivity index (χ0v) is 22.1. The Hall–Kier alpha value is -3.47. The Balaban J connectivity index is 1.48. The van der Waals surface area contributed by atoms with Crippen molar-refractivity contribution < 1.29 is 36.6 Å². The topological polar surface area (TPSA) is 86.1 Å². The van der Waals surface area contributed by atoms with Crippen molar-refractivity contribution in [1.29, 1.82) is 0 Å². The molecule has 1 amide bonds. The van der Waals surface area contributed by atoms with Crippen molar-refractivity contribution in [1.82, 2.24) is 10.2 Å². The Bertz CT molecular complexity index is 1250. The van der Waals surface area contributed by atoms with Gasteiger partial charge in [0.2, 0.25) is 5.91 Å². The molecule has 2 fully saturated rings. The molecule has 0 saturated heterocycles. The summed E-state index contributed by atoms with van der Waals surface area (Å²) < 4.78 is 71.8. The van der Waals surface area contributed by atoms with E-state index in [1.807, 2.05) is 0 Å². The summed E-state index contributed by atoms with van der Waals surface area (Å²) >= 11 is 0. The van der Waals surface area contributed by atoms with Gasteiger partial charge in [-0.05, 0) is 68.7 Å². The third kappa shape index (κ3) is 6.99. The van der Waals surface area contributed by atoms with Gasteiger partial charge in [0.05, 0.1) is 18.7 Å². The summed E-state index contributed by atoms with van der Waals surface area (Å²) in [4.78, 5) is 14.3. The third-order valence-electron chi connectivity index (χ3n) is 7.23. The van der Waals surface area contributed by atoms with Crippen molar-refractivity contribution >= 4 is 5.91 Å². The molecule has 3 atom stereocenters. The van der Waals surface area contributed by atoms with Crippen molar-refractivity contribution in [2.24, 2.45) is 17.6 Å². The van der Waals surface area contributed by atoms with Crippen LogP contribution in [0, 0.1) is 23.5 Å². The Labute approximate surface area is 230 Å². The summed E-state index contributed by atoms with van der Waals surface area (Å²) in [6.45, 7) is -0.947. The van der Waals surface area contributed by atoms with Gasteiger partial charge in [-0.3, -0.25) is 4.79 Å². The predicted molar refractivity (Wildman–Crippen MR) is 138 cm³/mol. The molecule has 0 bridgehead atoms. The lowest BCUT2D eigenvalue weighted by atomic mass is 10.0. The molecule has 3 aliphatic rings. The van der Waals surface area contributed by atoms with Crippen molar-refractivity contribution in [2.45, 2.75) is 64.0 Å². The number of nitrogens with zero attached hydrogens (tertiary/aromatic N) is 1. The van der Waals surface area contributed by atoms with E-state index in [1.165, 1.54) is 12.1 Å². The normalized spacial score (nSPS) is 20.1. The van der Waals surface area contributed by atoms with Crippen LogP contribution in [-0.4, -0.2) is 36.6 Å². The number of hydrogen-bond acceptors (Lipinski definition) is 6. The molecule has 0 radical (unpaired) electrons. The van der Waals surface area contributed by atoms with Gasteiger partial charge < -0.3 is 30.2 Å². The summed E-state index contributed by atoms with van der Waals surface area (Å²) in [5, 5.41) is 2.88. The molecular weight excluding hydrogens is 530 g/mol. The number of ether oxygens (including phenoxy) is 3. The van der Waals surface area contributed by atoms with Gasteiger partial charge in [0.15, 0.2) is 17.7 Å². The van der Waals surface area contributed by atoms with E-state index in [1.54, 1.807) is 30.2 Å². The van der Waals surface area contributed by atoms with Crippen LogP contribution in [0.3, 0.4) is 0 Å². The molecule has 1 aliphatic heterocycles. The number of halogens is 4. The number of hydrogen-bond donors (Lipinski definition) is 2. The summed E-state index contributed by atoms with van der Waals surface area (Å²) in [6.07, 6.45) is 5.16. The maximum absolute atomic E-state index is 15.1. The van der Waals surface area contributed by atoms with E-state index in [2.05, 4.69) is 10.1 Å². The molecule has 3 N–H and O–H groups in total. The van der Waals surface area contributed by atoms with Crippen LogP contribution in [-0.2, 0) is 9.53 Å². The second-order valence-corrected chi connectivity index (χ2v) is 10.7. The zero-order chi connectivity index (χ0) is 28.4. The smallest absolute Gasteiger partial charge is 0.387 e. The van der Waals surface area contributed by atoms with E-state index in [0.717, 1.165) is 37.8 Å². The van der Waals surface area contributed by atoms with E-state index in [4.69, 9.17) is 15.2 Å². The van der Waals surface area contributed by atoms with Gasteiger partial charge in [-0.25, -0.2) is 8.78 Å². The van der Waals surface area contributed by atoms with Crippen LogP contribution in [0.5, 0.6) is 11.5 Å². The summed E-state index contributed by atoms with van der Waals surface area (Å²) in [7, 11) is 0. The molecule has 2 aliphatic carbocycles. The van der Waals surface area contributed by atoms with Crippen LogP contribution < -0.4 is 20.5 Å². The Morgan fingerprint density at radius 3 is 2.50 bits per heavy atom. The molecule has 7 nitrogen and oxygen atoms in total. The molecule has 1 heterocycles. The minimum atomic E-state index is -3.04. The Kier molecular flexibility index (Phi) is 8.39. The largest absolute Gasteiger partial charge is 0.489 e. The maximum atomic E-state index is 15.1. The van der Waals surface area contributed by atoms with Crippen molar-refractivity contribution in [3.63, 3.8) is 0 Å². The first-order valence-electron chi connectivity index (χ1n) is 13.5. The number of nitrogens with one attached hydrogen (secondary N) is 1. The number of carbonyl (C=O) groups is 1. The van der Waals surface area contributed by atoms with Gasteiger partial charge in [0.25, 0.3) is 0 Å². The molecule has 0 spiro atoms. The molecule has 2 saturated carbocycles. The fraction of sp³-hybridized carbons (Fsp3) is 0.483. The molecular formula is C29H33F4N3O4. The molecule has 11 heteroatoms. The first kappa shape index (κ1) is 28.1. The van der Waals surface area contributed by atoms with Gasteiger partial charge >= 0.3 is 6.61 Å². The van der Waals surface area contributed by atoms with Crippen LogP contribution in [0.25, 0.3) is 0 Å². The number of rotatable bonds is 13. The molecule has 1 unspecified atom stereocenters. The van der Waals surface area contributed by atoms with Crippen molar-refractivity contribution in [2.75, 3.05) is 13.2 Å². The summed E-state index contributed by atoms with van der Waals surface area (Å²) in [5.74, 6) is -0.539. The Morgan fingerprint density at radius 1 is 1.10 bits per heavy atom. The summed E-state index contributed by atoms with van der Waals surface area (Å²) in [6, 6.07) is 6.43. The first-order chi connectivity index (χ1) is 19.2. The van der Waals surface area contributed by atoms with E-state index < -0.39 is 36.6 Å². The lowest BCUT2D eigenvalue weighted by Gasteiger charge is -2.33. The second-order valence-electron chi connectivity index (χ2n) is 10.7. The standard InChI is InChI=1S/C29H33F4N3O4/c1-16(34)26-14-36(23(13-35-27(37)10-17-2-3-17)21-8-7-20(30)12-22(21)31)28(39-26)19-6-9-24(40-29(32)33)25(11-19)38-15-18-4-5-18/h6-9,11-12,14,16-18,23,28-29H,2-5,10,13,15,34H2,1H3,(H,35,37)/t16-,23-,28?/m0/s1. The molecule has 0 aromatic heterocycles. The number of alkyl halides is 2. The molecule has 216 valence electrons. The second kappa shape index (κ2) is 12.0. The lowest BCUT2D eigenvalue weighted by molar-refractivity contribution is -0.121. The van der Waals surface area contributed by atoms with E-state index in [9.17, 15) is 18.0 Å². The maximum Gasteiger partial charge on any atom is 0.387 e. The molecule has 2 aromatic carbocycles. The van der Waals surface area contributed by atoms with E-state index in [0.29, 0.717) is 36.2 Å².